The van der Waals surface area contributed by atoms with E-state index in [9.17, 15) is 4.79 Å². The largest absolute Gasteiger partial charge is 0.476 e. The molecule has 0 bridgehead atoms. The number of carboxylic acid groups (broad SMARTS) is 1. The number of aromatic nitrogens is 2. The van der Waals surface area contributed by atoms with Gasteiger partial charge in [-0.2, -0.15) is 0 Å². The molecule has 0 aliphatic rings. The van der Waals surface area contributed by atoms with Crippen LogP contribution in [-0.4, -0.2) is 21.0 Å². The molecule has 0 aliphatic heterocycles. The Balaban J connectivity index is 2.02. The third-order valence-corrected chi connectivity index (χ3v) is 2.66. The van der Waals surface area contributed by atoms with E-state index in [1.54, 1.807) is 6.07 Å². The molecule has 92 valence electrons. The minimum Gasteiger partial charge on any atom is -0.476 e. The lowest BCUT2D eigenvalue weighted by molar-refractivity contribution is 0.0690. The van der Waals surface area contributed by atoms with Gasteiger partial charge in [0.1, 0.15) is 5.82 Å². The number of halogens is 1. The van der Waals surface area contributed by atoms with Crippen molar-refractivity contribution in [1.82, 2.24) is 9.97 Å². The first kappa shape index (κ1) is 12.3. The van der Waals surface area contributed by atoms with Gasteiger partial charge in [-0.05, 0) is 11.6 Å². The smallest absolute Gasteiger partial charge is 0.356 e. The zero-order valence-corrected chi connectivity index (χ0v) is 10.1. The van der Waals surface area contributed by atoms with Crippen LogP contribution in [0.2, 0.25) is 5.02 Å². The minimum atomic E-state index is -1.10. The predicted molar refractivity (Wildman–Crippen MR) is 67.8 cm³/mol. The summed E-state index contributed by atoms with van der Waals surface area (Å²) in [7, 11) is 0. The summed E-state index contributed by atoms with van der Waals surface area (Å²) in [6, 6.07) is 7.45. The van der Waals surface area contributed by atoms with Crippen molar-refractivity contribution < 1.29 is 9.90 Å². The first-order valence-electron chi connectivity index (χ1n) is 5.19. The Morgan fingerprint density at radius 1 is 1.28 bits per heavy atom. The minimum absolute atomic E-state index is 0.0849. The second-order valence-electron chi connectivity index (χ2n) is 3.54. The van der Waals surface area contributed by atoms with E-state index in [1.807, 2.05) is 18.2 Å². The first-order valence-corrected chi connectivity index (χ1v) is 5.57. The van der Waals surface area contributed by atoms with E-state index in [0.29, 0.717) is 17.4 Å². The van der Waals surface area contributed by atoms with Crippen molar-refractivity contribution in [2.24, 2.45) is 0 Å². The molecule has 0 spiro atoms. The molecule has 0 aliphatic carbocycles. The summed E-state index contributed by atoms with van der Waals surface area (Å²) in [4.78, 5) is 18.3. The molecule has 0 atom stereocenters. The van der Waals surface area contributed by atoms with Crippen LogP contribution >= 0.6 is 11.6 Å². The van der Waals surface area contributed by atoms with E-state index in [-0.39, 0.29) is 5.69 Å². The molecule has 2 aromatic rings. The molecule has 0 radical (unpaired) electrons. The highest BCUT2D eigenvalue weighted by molar-refractivity contribution is 6.31. The van der Waals surface area contributed by atoms with Gasteiger partial charge in [0.2, 0.25) is 0 Å². The third-order valence-electron chi connectivity index (χ3n) is 2.29. The molecule has 0 fully saturated rings. The van der Waals surface area contributed by atoms with Gasteiger partial charge in [-0.15, -0.1) is 0 Å². The molecule has 1 aromatic heterocycles. The van der Waals surface area contributed by atoms with E-state index < -0.39 is 5.97 Å². The Kier molecular flexibility index (Phi) is 3.74. The van der Waals surface area contributed by atoms with Crippen LogP contribution in [0, 0.1) is 0 Å². The maximum Gasteiger partial charge on any atom is 0.356 e. The summed E-state index contributed by atoms with van der Waals surface area (Å²) in [5.41, 5.74) is 0.849. The SMILES string of the molecule is O=C(O)c1cnc(NCc2ccccc2Cl)cn1. The van der Waals surface area contributed by atoms with Gasteiger partial charge in [-0.3, -0.25) is 0 Å². The number of hydrogen-bond acceptors (Lipinski definition) is 4. The van der Waals surface area contributed by atoms with E-state index in [1.165, 1.54) is 12.4 Å². The number of aromatic carboxylic acids is 1. The quantitative estimate of drug-likeness (QED) is 0.886. The van der Waals surface area contributed by atoms with Crippen LogP contribution in [-0.2, 0) is 6.54 Å². The molecule has 0 saturated heterocycles. The van der Waals surface area contributed by atoms with Gasteiger partial charge in [-0.1, -0.05) is 29.8 Å². The van der Waals surface area contributed by atoms with Crippen LogP contribution in [0.5, 0.6) is 0 Å². The van der Waals surface area contributed by atoms with Gasteiger partial charge < -0.3 is 10.4 Å². The van der Waals surface area contributed by atoms with Crippen LogP contribution in [0.3, 0.4) is 0 Å². The number of nitrogens with zero attached hydrogens (tertiary/aromatic N) is 2. The van der Waals surface area contributed by atoms with Crippen LogP contribution in [0.15, 0.2) is 36.7 Å². The van der Waals surface area contributed by atoms with E-state index in [4.69, 9.17) is 16.7 Å². The number of hydrogen-bond donors (Lipinski definition) is 2. The van der Waals surface area contributed by atoms with Crippen molar-refractivity contribution in [3.05, 3.63) is 52.9 Å². The number of carbonyl (C=O) groups is 1. The fourth-order valence-electron chi connectivity index (χ4n) is 1.36. The van der Waals surface area contributed by atoms with Crippen molar-refractivity contribution >= 4 is 23.4 Å². The number of nitrogens with one attached hydrogen (secondary N) is 1. The average Bonchev–Trinajstić information content (AvgIpc) is 2.38. The number of anilines is 1. The standard InChI is InChI=1S/C12H10ClN3O2/c13-9-4-2-1-3-8(9)5-15-11-7-14-10(6-16-11)12(17)18/h1-4,6-7H,5H2,(H,15,16)(H,17,18). The molecule has 2 rings (SSSR count). The summed E-state index contributed by atoms with van der Waals surface area (Å²) in [5.74, 6) is -0.597. The molecule has 18 heavy (non-hydrogen) atoms. The Labute approximate surface area is 108 Å². The van der Waals surface area contributed by atoms with Gasteiger partial charge >= 0.3 is 5.97 Å². The normalized spacial score (nSPS) is 10.1. The summed E-state index contributed by atoms with van der Waals surface area (Å²) in [6.07, 6.45) is 2.58. The van der Waals surface area contributed by atoms with Gasteiger partial charge in [0.05, 0.1) is 12.4 Å². The van der Waals surface area contributed by atoms with E-state index in [0.717, 1.165) is 5.56 Å². The van der Waals surface area contributed by atoms with Crippen LogP contribution in [0.25, 0.3) is 0 Å². The van der Waals surface area contributed by atoms with Crippen molar-refractivity contribution in [2.45, 2.75) is 6.54 Å². The average molecular weight is 264 g/mol. The Morgan fingerprint density at radius 3 is 2.67 bits per heavy atom. The lowest BCUT2D eigenvalue weighted by Gasteiger charge is -2.06. The zero-order valence-electron chi connectivity index (χ0n) is 9.30. The number of benzene rings is 1. The molecule has 1 aromatic carbocycles. The highest BCUT2D eigenvalue weighted by Crippen LogP contribution is 2.15. The third kappa shape index (κ3) is 2.95. The summed E-state index contributed by atoms with van der Waals surface area (Å²) >= 11 is 6.00. The van der Waals surface area contributed by atoms with Crippen LogP contribution in [0.4, 0.5) is 5.82 Å². The van der Waals surface area contributed by atoms with Gasteiger partial charge in [0.25, 0.3) is 0 Å². The molecule has 0 unspecified atom stereocenters. The Morgan fingerprint density at radius 2 is 2.06 bits per heavy atom. The van der Waals surface area contributed by atoms with Crippen molar-refractivity contribution in [3.63, 3.8) is 0 Å². The number of rotatable bonds is 4. The van der Waals surface area contributed by atoms with Crippen LogP contribution in [0.1, 0.15) is 16.1 Å². The van der Waals surface area contributed by atoms with E-state index in [2.05, 4.69) is 15.3 Å². The highest BCUT2D eigenvalue weighted by atomic mass is 35.5. The second-order valence-corrected chi connectivity index (χ2v) is 3.94. The summed E-state index contributed by atoms with van der Waals surface area (Å²) in [6.45, 7) is 0.501. The molecular weight excluding hydrogens is 254 g/mol. The zero-order chi connectivity index (χ0) is 13.0. The first-order chi connectivity index (χ1) is 8.66. The molecule has 0 amide bonds. The number of carboxylic acids is 1. The van der Waals surface area contributed by atoms with Gasteiger partial charge in [0, 0.05) is 11.6 Å². The molecule has 2 N–H and O–H groups in total. The van der Waals surface area contributed by atoms with Gasteiger partial charge in [0.15, 0.2) is 5.69 Å². The van der Waals surface area contributed by atoms with E-state index >= 15 is 0 Å². The molecule has 6 heteroatoms. The molecular formula is C12H10ClN3O2. The van der Waals surface area contributed by atoms with Crippen molar-refractivity contribution in [2.75, 3.05) is 5.32 Å². The lowest BCUT2D eigenvalue weighted by atomic mass is 10.2. The maximum atomic E-state index is 10.6. The molecule has 0 saturated carbocycles. The second kappa shape index (κ2) is 5.46. The van der Waals surface area contributed by atoms with Gasteiger partial charge in [-0.25, -0.2) is 14.8 Å². The maximum absolute atomic E-state index is 10.6. The molecule has 1 heterocycles. The monoisotopic (exact) mass is 263 g/mol. The molecule has 5 nitrogen and oxygen atoms in total. The lowest BCUT2D eigenvalue weighted by Crippen LogP contribution is -2.05. The highest BCUT2D eigenvalue weighted by Gasteiger charge is 2.05. The fraction of sp³-hybridized carbons (Fsp3) is 0.0833. The fourth-order valence-corrected chi connectivity index (χ4v) is 1.56. The Bertz CT molecular complexity index is 558. The Hall–Kier alpha value is -2.14. The topological polar surface area (TPSA) is 75.1 Å². The van der Waals surface area contributed by atoms with Crippen LogP contribution < -0.4 is 5.32 Å². The van der Waals surface area contributed by atoms with Crippen molar-refractivity contribution in [3.8, 4) is 0 Å². The summed E-state index contributed by atoms with van der Waals surface area (Å²) in [5, 5.41) is 12.4. The van der Waals surface area contributed by atoms with Crippen molar-refractivity contribution in [1.29, 1.82) is 0 Å². The predicted octanol–water partition coefficient (Wildman–Crippen LogP) is 2.44. The summed E-state index contributed by atoms with van der Waals surface area (Å²) < 4.78 is 0.